The monoisotopic (exact) mass is 422 g/mol. The molecule has 0 saturated heterocycles. The van der Waals surface area contributed by atoms with Crippen LogP contribution < -0.4 is 21.7 Å². The Kier molecular flexibility index (Phi) is 6.18. The molecule has 0 aliphatic heterocycles. The van der Waals surface area contributed by atoms with Gasteiger partial charge in [0.15, 0.2) is 11.6 Å². The van der Waals surface area contributed by atoms with E-state index < -0.39 is 11.7 Å². The van der Waals surface area contributed by atoms with Gasteiger partial charge in [0.25, 0.3) is 5.91 Å². The molecule has 3 aromatic rings. The van der Waals surface area contributed by atoms with Crippen molar-refractivity contribution in [2.24, 2.45) is 5.73 Å². The third-order valence-electron chi connectivity index (χ3n) is 5.71. The van der Waals surface area contributed by atoms with E-state index in [1.807, 2.05) is 60.4 Å². The van der Waals surface area contributed by atoms with Gasteiger partial charge in [-0.3, -0.25) is 4.79 Å². The molecule has 2 heterocycles. The highest BCUT2D eigenvalue weighted by atomic mass is 19.1. The van der Waals surface area contributed by atoms with Crippen LogP contribution in [-0.4, -0.2) is 34.6 Å². The molecule has 1 unspecified atom stereocenters. The number of amides is 1. The summed E-state index contributed by atoms with van der Waals surface area (Å²) in [4.78, 5) is 16.4. The van der Waals surface area contributed by atoms with E-state index in [9.17, 15) is 9.18 Å². The minimum absolute atomic E-state index is 0.00299. The van der Waals surface area contributed by atoms with Gasteiger partial charge in [0.2, 0.25) is 0 Å². The van der Waals surface area contributed by atoms with Crippen LogP contribution in [-0.2, 0) is 0 Å². The Balaban J connectivity index is 1.64. The molecule has 5 N–H and O–H groups in total. The average molecular weight is 423 g/mol. The number of likely N-dealkylation sites (N-methyl/N-ethyl adjacent to an activating group) is 1. The van der Waals surface area contributed by atoms with Gasteiger partial charge in [-0.15, -0.1) is 0 Å². The highest BCUT2D eigenvalue weighted by Gasteiger charge is 2.26. The summed E-state index contributed by atoms with van der Waals surface area (Å²) in [6.45, 7) is 0. The van der Waals surface area contributed by atoms with Gasteiger partial charge in [-0.05, 0) is 56.3 Å². The molecule has 0 bridgehead atoms. The first-order chi connectivity index (χ1) is 15.0. The molecule has 1 saturated carbocycles. The molecule has 31 heavy (non-hydrogen) atoms. The molecule has 4 rings (SSSR count). The average Bonchev–Trinajstić information content (AvgIpc) is 3.31. The van der Waals surface area contributed by atoms with Gasteiger partial charge < -0.3 is 26.3 Å². The summed E-state index contributed by atoms with van der Waals surface area (Å²) in [5, 5.41) is 9.66. The van der Waals surface area contributed by atoms with Crippen molar-refractivity contribution < 1.29 is 9.18 Å². The molecule has 0 radical (unpaired) electrons. The zero-order valence-electron chi connectivity index (χ0n) is 17.4. The molecule has 1 aliphatic carbocycles. The van der Waals surface area contributed by atoms with Crippen LogP contribution in [0.2, 0.25) is 0 Å². The number of rotatable bonds is 7. The third-order valence-corrected chi connectivity index (χ3v) is 5.71. The Morgan fingerprint density at radius 1 is 1.10 bits per heavy atom. The van der Waals surface area contributed by atoms with Crippen molar-refractivity contribution in [3.8, 4) is 5.69 Å². The zero-order chi connectivity index (χ0) is 21.8. The van der Waals surface area contributed by atoms with Crippen molar-refractivity contribution in [2.75, 3.05) is 17.7 Å². The van der Waals surface area contributed by atoms with Crippen molar-refractivity contribution in [1.82, 2.24) is 14.9 Å². The van der Waals surface area contributed by atoms with Gasteiger partial charge in [-0.25, -0.2) is 9.37 Å². The van der Waals surface area contributed by atoms with Gasteiger partial charge in [-0.2, -0.15) is 0 Å². The SMILES string of the molecule is CNC1CCCC[C@H]1Nc1nc(Nc2cccc(-n3cccc3)c2)c(C(N)=O)cc1F. The van der Waals surface area contributed by atoms with Crippen LogP contribution in [0.1, 0.15) is 36.0 Å². The molecular weight excluding hydrogens is 395 g/mol. The highest BCUT2D eigenvalue weighted by Crippen LogP contribution is 2.27. The van der Waals surface area contributed by atoms with Crippen LogP contribution in [0.15, 0.2) is 54.9 Å². The van der Waals surface area contributed by atoms with Gasteiger partial charge in [0.05, 0.1) is 5.56 Å². The van der Waals surface area contributed by atoms with E-state index in [0.717, 1.165) is 37.4 Å². The maximum atomic E-state index is 14.8. The van der Waals surface area contributed by atoms with Gasteiger partial charge in [0.1, 0.15) is 5.82 Å². The van der Waals surface area contributed by atoms with Crippen molar-refractivity contribution in [3.05, 3.63) is 66.2 Å². The molecule has 2 atom stereocenters. The Morgan fingerprint density at radius 2 is 1.84 bits per heavy atom. The van der Waals surface area contributed by atoms with Crippen LogP contribution in [0.4, 0.5) is 21.7 Å². The number of halogens is 1. The smallest absolute Gasteiger partial charge is 0.252 e. The fraction of sp³-hybridized carbons (Fsp3) is 0.304. The lowest BCUT2D eigenvalue weighted by atomic mass is 9.90. The summed E-state index contributed by atoms with van der Waals surface area (Å²) in [6, 6.07) is 13.0. The van der Waals surface area contributed by atoms with E-state index in [1.165, 1.54) is 0 Å². The Hall–Kier alpha value is -3.39. The van der Waals surface area contributed by atoms with E-state index >= 15 is 0 Å². The first-order valence-corrected chi connectivity index (χ1v) is 10.5. The molecule has 0 spiro atoms. The van der Waals surface area contributed by atoms with E-state index in [2.05, 4.69) is 20.9 Å². The predicted molar refractivity (Wildman–Crippen MR) is 120 cm³/mol. The molecule has 162 valence electrons. The third kappa shape index (κ3) is 4.69. The second-order valence-corrected chi connectivity index (χ2v) is 7.78. The Morgan fingerprint density at radius 3 is 2.55 bits per heavy atom. The Labute approximate surface area is 180 Å². The van der Waals surface area contributed by atoms with Crippen LogP contribution in [0.25, 0.3) is 5.69 Å². The highest BCUT2D eigenvalue weighted by molar-refractivity contribution is 5.98. The van der Waals surface area contributed by atoms with Crippen LogP contribution in [0.5, 0.6) is 0 Å². The standard InChI is InChI=1S/C23H27FN6O/c1-26-19-9-2-3-10-20(19)28-23-18(24)14-17(21(25)31)22(29-23)27-15-7-6-8-16(13-15)30-11-4-5-12-30/h4-8,11-14,19-20,26H,2-3,9-10H2,1H3,(H2,25,31)(H2,27,28,29)/t19?,20-/m1/s1. The molecule has 1 aromatic carbocycles. The number of aromatic nitrogens is 2. The van der Waals surface area contributed by atoms with E-state index in [0.29, 0.717) is 5.69 Å². The van der Waals surface area contributed by atoms with Crippen molar-refractivity contribution >= 4 is 23.2 Å². The summed E-state index contributed by atoms with van der Waals surface area (Å²) in [5.41, 5.74) is 7.16. The number of hydrogen-bond acceptors (Lipinski definition) is 5. The maximum absolute atomic E-state index is 14.8. The van der Waals surface area contributed by atoms with E-state index in [1.54, 1.807) is 0 Å². The number of nitrogens with one attached hydrogen (secondary N) is 3. The minimum atomic E-state index is -0.743. The minimum Gasteiger partial charge on any atom is -0.365 e. The lowest BCUT2D eigenvalue weighted by molar-refractivity contribution is 0.100. The number of anilines is 3. The van der Waals surface area contributed by atoms with Crippen molar-refractivity contribution in [3.63, 3.8) is 0 Å². The van der Waals surface area contributed by atoms with E-state index in [-0.39, 0.29) is 29.3 Å². The molecule has 7 nitrogen and oxygen atoms in total. The zero-order valence-corrected chi connectivity index (χ0v) is 17.4. The lowest BCUT2D eigenvalue weighted by Gasteiger charge is -2.32. The summed E-state index contributed by atoms with van der Waals surface area (Å²) in [6.07, 6.45) is 8.04. The number of pyridine rings is 1. The van der Waals surface area contributed by atoms with E-state index in [4.69, 9.17) is 5.73 Å². The molecule has 2 aromatic heterocycles. The normalized spacial score (nSPS) is 18.5. The lowest BCUT2D eigenvalue weighted by Crippen LogP contribution is -2.45. The van der Waals surface area contributed by atoms with Gasteiger partial charge >= 0.3 is 0 Å². The fourth-order valence-electron chi connectivity index (χ4n) is 4.09. The first-order valence-electron chi connectivity index (χ1n) is 10.5. The molecule has 8 heteroatoms. The van der Waals surface area contributed by atoms with Crippen molar-refractivity contribution in [1.29, 1.82) is 0 Å². The maximum Gasteiger partial charge on any atom is 0.252 e. The van der Waals surface area contributed by atoms with Crippen LogP contribution in [0, 0.1) is 5.82 Å². The number of carbonyl (C=O) groups is 1. The summed E-state index contributed by atoms with van der Waals surface area (Å²) >= 11 is 0. The fourth-order valence-corrected chi connectivity index (χ4v) is 4.09. The molecular formula is C23H27FN6O. The van der Waals surface area contributed by atoms with Crippen LogP contribution in [0.3, 0.4) is 0 Å². The van der Waals surface area contributed by atoms with Crippen LogP contribution >= 0.6 is 0 Å². The second kappa shape index (κ2) is 9.18. The quantitative estimate of drug-likeness (QED) is 0.464. The Bertz CT molecular complexity index is 1050. The molecule has 1 fully saturated rings. The number of hydrogen-bond donors (Lipinski definition) is 4. The summed E-state index contributed by atoms with van der Waals surface area (Å²) in [5.74, 6) is -1.01. The number of nitrogens with two attached hydrogens (primary N) is 1. The predicted octanol–water partition coefficient (Wildman–Crippen LogP) is 3.80. The number of benzene rings is 1. The number of carbonyl (C=O) groups excluding carboxylic acids is 1. The summed E-state index contributed by atoms with van der Waals surface area (Å²) in [7, 11) is 1.91. The topological polar surface area (TPSA) is 97.0 Å². The van der Waals surface area contributed by atoms with Crippen molar-refractivity contribution in [2.45, 2.75) is 37.8 Å². The summed E-state index contributed by atoms with van der Waals surface area (Å²) < 4.78 is 16.7. The molecule has 1 amide bonds. The second-order valence-electron chi connectivity index (χ2n) is 7.78. The number of primary amides is 1. The largest absolute Gasteiger partial charge is 0.365 e. The van der Waals surface area contributed by atoms with Gasteiger partial charge in [0, 0.05) is 35.9 Å². The number of nitrogens with zero attached hydrogens (tertiary/aromatic N) is 2. The molecule has 1 aliphatic rings. The first kappa shape index (κ1) is 20.9. The van der Waals surface area contributed by atoms with Gasteiger partial charge in [-0.1, -0.05) is 18.9 Å².